The van der Waals surface area contributed by atoms with Crippen molar-refractivity contribution in [1.29, 1.82) is 0 Å². The number of anilines is 1. The number of aliphatic carboxylic acids is 1. The molecule has 4 atom stereocenters. The molecule has 1 aromatic carbocycles. The Labute approximate surface area is 129 Å². The molecule has 2 N–H and O–H groups in total. The molecule has 1 saturated heterocycles. The Bertz CT molecular complexity index is 646. The lowest BCUT2D eigenvalue weighted by molar-refractivity contribution is -0.145. The number of nitrogens with one attached hydrogen (secondary N) is 1. The summed E-state index contributed by atoms with van der Waals surface area (Å²) < 4.78 is 33.8. The van der Waals surface area contributed by atoms with Gasteiger partial charge in [-0.15, -0.1) is 0 Å². The number of alkyl halides is 2. The summed E-state index contributed by atoms with van der Waals surface area (Å²) in [6.45, 7) is -2.93. The van der Waals surface area contributed by atoms with Crippen LogP contribution in [0.2, 0.25) is 0 Å². The molecule has 23 heavy (non-hydrogen) atoms. The van der Waals surface area contributed by atoms with Gasteiger partial charge in [0.2, 0.25) is 5.91 Å². The Kier molecular flexibility index (Phi) is 3.99. The zero-order valence-electron chi connectivity index (χ0n) is 11.7. The highest BCUT2D eigenvalue weighted by molar-refractivity contribution is 5.96. The van der Waals surface area contributed by atoms with Crippen molar-refractivity contribution in [2.75, 3.05) is 5.32 Å². The molecule has 0 saturated carbocycles. The molecule has 1 amide bonds. The lowest BCUT2D eigenvalue weighted by Gasteiger charge is -2.21. The van der Waals surface area contributed by atoms with E-state index < -0.39 is 42.5 Å². The van der Waals surface area contributed by atoms with Gasteiger partial charge in [-0.2, -0.15) is 8.78 Å². The molecule has 2 aliphatic rings. The van der Waals surface area contributed by atoms with E-state index in [1.54, 1.807) is 12.2 Å². The van der Waals surface area contributed by atoms with E-state index >= 15 is 0 Å². The molecule has 1 fully saturated rings. The van der Waals surface area contributed by atoms with Gasteiger partial charge in [0.1, 0.15) is 11.7 Å². The fourth-order valence-corrected chi connectivity index (χ4v) is 2.86. The van der Waals surface area contributed by atoms with Crippen LogP contribution in [0.25, 0.3) is 0 Å². The molecule has 2 bridgehead atoms. The summed E-state index contributed by atoms with van der Waals surface area (Å²) in [7, 11) is 0. The van der Waals surface area contributed by atoms with Crippen molar-refractivity contribution in [3.8, 4) is 5.75 Å². The minimum atomic E-state index is -2.93. The summed E-state index contributed by atoms with van der Waals surface area (Å²) >= 11 is 0. The molecule has 122 valence electrons. The highest BCUT2D eigenvalue weighted by atomic mass is 19.3. The van der Waals surface area contributed by atoms with Crippen molar-refractivity contribution < 1.29 is 33.0 Å². The first-order chi connectivity index (χ1) is 11.0. The quantitative estimate of drug-likeness (QED) is 0.808. The van der Waals surface area contributed by atoms with E-state index in [2.05, 4.69) is 10.1 Å². The van der Waals surface area contributed by atoms with Crippen molar-refractivity contribution in [3.63, 3.8) is 0 Å². The van der Waals surface area contributed by atoms with Crippen molar-refractivity contribution in [3.05, 3.63) is 36.4 Å². The zero-order chi connectivity index (χ0) is 16.6. The Hall–Kier alpha value is -2.48. The van der Waals surface area contributed by atoms with Crippen LogP contribution in [0.4, 0.5) is 14.5 Å². The highest BCUT2D eigenvalue weighted by Crippen LogP contribution is 2.39. The molecular weight excluding hydrogens is 312 g/mol. The van der Waals surface area contributed by atoms with Crippen molar-refractivity contribution >= 4 is 17.6 Å². The van der Waals surface area contributed by atoms with E-state index in [9.17, 15) is 23.5 Å². The Balaban J connectivity index is 1.69. The maximum Gasteiger partial charge on any atom is 0.387 e. The average molecular weight is 325 g/mol. The van der Waals surface area contributed by atoms with Crippen LogP contribution in [0, 0.1) is 11.8 Å². The van der Waals surface area contributed by atoms with Gasteiger partial charge in [-0.25, -0.2) is 0 Å². The predicted molar refractivity (Wildman–Crippen MR) is 74.1 cm³/mol. The number of hydrogen-bond donors (Lipinski definition) is 2. The second-order valence-corrected chi connectivity index (χ2v) is 5.23. The number of ether oxygens (including phenoxy) is 2. The summed E-state index contributed by atoms with van der Waals surface area (Å²) in [5.74, 6) is -3.39. The van der Waals surface area contributed by atoms with E-state index in [4.69, 9.17) is 4.74 Å². The van der Waals surface area contributed by atoms with Crippen LogP contribution >= 0.6 is 0 Å². The Morgan fingerprint density at radius 2 is 1.74 bits per heavy atom. The lowest BCUT2D eigenvalue weighted by atomic mass is 9.82. The molecule has 1 aromatic rings. The van der Waals surface area contributed by atoms with E-state index in [-0.39, 0.29) is 5.75 Å². The van der Waals surface area contributed by atoms with Gasteiger partial charge in [0.25, 0.3) is 0 Å². The van der Waals surface area contributed by atoms with E-state index in [1.165, 1.54) is 24.3 Å². The first-order valence-electron chi connectivity index (χ1n) is 6.88. The minimum Gasteiger partial charge on any atom is -0.481 e. The number of amides is 1. The highest BCUT2D eigenvalue weighted by Gasteiger charge is 2.53. The van der Waals surface area contributed by atoms with Gasteiger partial charge in [-0.1, -0.05) is 12.2 Å². The van der Waals surface area contributed by atoms with Crippen LogP contribution in [0.5, 0.6) is 5.75 Å². The van der Waals surface area contributed by atoms with Crippen molar-refractivity contribution in [1.82, 2.24) is 0 Å². The summed E-state index contributed by atoms with van der Waals surface area (Å²) in [5, 5.41) is 11.8. The monoisotopic (exact) mass is 325 g/mol. The number of benzene rings is 1. The maximum absolute atomic E-state index is 12.3. The largest absolute Gasteiger partial charge is 0.481 e. The van der Waals surface area contributed by atoms with Crippen LogP contribution in [0.1, 0.15) is 0 Å². The van der Waals surface area contributed by atoms with Gasteiger partial charge in [-0.05, 0) is 24.3 Å². The van der Waals surface area contributed by atoms with E-state index in [0.29, 0.717) is 5.69 Å². The van der Waals surface area contributed by atoms with Crippen LogP contribution in [-0.2, 0) is 14.3 Å². The van der Waals surface area contributed by atoms with Gasteiger partial charge < -0.3 is 19.9 Å². The standard InChI is InChI=1S/C15H13F2NO5/c16-15(17)22-8-3-1-7(2-4-8)18-13(19)11-9-5-6-10(23-9)12(11)14(20)21/h1-6,9-12,15H,(H,18,19)(H,20,21). The SMILES string of the molecule is O=C(O)C1C2C=CC(O2)C1C(=O)Nc1ccc(OC(F)F)cc1. The number of hydrogen-bond acceptors (Lipinski definition) is 4. The van der Waals surface area contributed by atoms with E-state index in [1.807, 2.05) is 0 Å². The third-order valence-corrected chi connectivity index (χ3v) is 3.83. The average Bonchev–Trinajstić information content (AvgIpc) is 3.09. The first-order valence-corrected chi connectivity index (χ1v) is 6.88. The number of rotatable bonds is 5. The maximum atomic E-state index is 12.3. The summed E-state index contributed by atoms with van der Waals surface area (Å²) in [5.41, 5.74) is 0.354. The van der Waals surface area contributed by atoms with Crippen LogP contribution in [-0.4, -0.2) is 35.8 Å². The third kappa shape index (κ3) is 3.02. The number of carboxylic acids is 1. The molecule has 8 heteroatoms. The number of carbonyl (C=O) groups is 2. The molecule has 0 aliphatic carbocycles. The number of fused-ring (bicyclic) bond motifs is 2. The van der Waals surface area contributed by atoms with Gasteiger partial charge in [0, 0.05) is 5.69 Å². The number of carbonyl (C=O) groups excluding carboxylic acids is 1. The molecule has 6 nitrogen and oxygen atoms in total. The Morgan fingerprint density at radius 3 is 2.30 bits per heavy atom. The van der Waals surface area contributed by atoms with Crippen LogP contribution < -0.4 is 10.1 Å². The van der Waals surface area contributed by atoms with Gasteiger partial charge in [0.15, 0.2) is 0 Å². The second kappa shape index (κ2) is 5.96. The van der Waals surface area contributed by atoms with E-state index in [0.717, 1.165) is 0 Å². The fraction of sp³-hybridized carbons (Fsp3) is 0.333. The summed E-state index contributed by atoms with van der Waals surface area (Å²) in [4.78, 5) is 23.7. The van der Waals surface area contributed by atoms with Gasteiger partial charge in [-0.3, -0.25) is 9.59 Å². The summed E-state index contributed by atoms with van der Waals surface area (Å²) in [6.07, 6.45) is 2.15. The van der Waals surface area contributed by atoms with Gasteiger partial charge in [0.05, 0.1) is 18.1 Å². The molecule has 0 radical (unpaired) electrons. The molecule has 0 spiro atoms. The first kappa shape index (κ1) is 15.4. The lowest BCUT2D eigenvalue weighted by Crippen LogP contribution is -2.39. The topological polar surface area (TPSA) is 84.9 Å². The molecule has 2 heterocycles. The smallest absolute Gasteiger partial charge is 0.387 e. The van der Waals surface area contributed by atoms with Crippen LogP contribution in [0.15, 0.2) is 36.4 Å². The number of halogens is 2. The number of carboxylic acid groups (broad SMARTS) is 1. The van der Waals surface area contributed by atoms with Crippen molar-refractivity contribution in [2.24, 2.45) is 11.8 Å². The summed E-state index contributed by atoms with van der Waals surface area (Å²) in [6, 6.07) is 5.37. The molecule has 0 aromatic heterocycles. The zero-order valence-corrected chi connectivity index (χ0v) is 11.7. The Morgan fingerprint density at radius 1 is 1.13 bits per heavy atom. The van der Waals surface area contributed by atoms with Crippen molar-refractivity contribution in [2.45, 2.75) is 18.8 Å². The molecule has 4 unspecified atom stereocenters. The fourth-order valence-electron chi connectivity index (χ4n) is 2.86. The van der Waals surface area contributed by atoms with Gasteiger partial charge >= 0.3 is 12.6 Å². The third-order valence-electron chi connectivity index (χ3n) is 3.83. The normalized spacial score (nSPS) is 28.1. The molecular formula is C15H13F2NO5. The predicted octanol–water partition coefficient (Wildman–Crippen LogP) is 1.88. The minimum absolute atomic E-state index is 0.0346. The molecule has 3 rings (SSSR count). The second-order valence-electron chi connectivity index (χ2n) is 5.23. The van der Waals surface area contributed by atoms with Crippen LogP contribution in [0.3, 0.4) is 0 Å². The molecule has 2 aliphatic heterocycles.